The number of rotatable bonds is 8. The molecule has 0 saturated carbocycles. The molecule has 7 nitrogen and oxygen atoms in total. The monoisotopic (exact) mass is 572 g/mol. The van der Waals surface area contributed by atoms with Gasteiger partial charge in [-0.1, -0.05) is 53.5 Å². The number of esters is 1. The highest BCUT2D eigenvalue weighted by Gasteiger charge is 2.39. The van der Waals surface area contributed by atoms with E-state index < -0.39 is 17.8 Å². The van der Waals surface area contributed by atoms with Crippen LogP contribution >= 0.6 is 23.2 Å². The first kappa shape index (κ1) is 27.0. The maximum absolute atomic E-state index is 13.1. The molecule has 200 valence electrons. The number of ether oxygens (including phenoxy) is 2. The number of aryl methyl sites for hydroxylation is 1. The Morgan fingerprint density at radius 3 is 2.17 bits per heavy atom. The van der Waals surface area contributed by atoms with Gasteiger partial charge in [-0.15, -0.1) is 0 Å². The first-order valence-corrected chi connectivity index (χ1v) is 13.0. The minimum atomic E-state index is -0.642. The van der Waals surface area contributed by atoms with Crippen molar-refractivity contribution in [2.75, 3.05) is 10.2 Å². The lowest BCUT2D eigenvalue weighted by Crippen LogP contribution is -2.32. The molecule has 0 bridgehead atoms. The Morgan fingerprint density at radius 2 is 1.50 bits per heavy atom. The standard InChI is InChI=1S/C31H22Cl2N2O5/c1-19-17-22(32)9-16-26(19)35-29(36)27(33)28(30(35)37)34-23-10-7-21(8-11-23)31(38)40-25-14-12-24(13-15-25)39-18-20-5-3-2-4-6-20/h2-17,34H,18H2,1H3. The first-order chi connectivity index (χ1) is 19.3. The van der Waals surface area contributed by atoms with Crippen LogP contribution in [0.5, 0.6) is 11.5 Å². The SMILES string of the molecule is Cc1cc(Cl)ccc1N1C(=O)C(Cl)=C(Nc2ccc(C(=O)Oc3ccc(OCc4ccccc4)cc3)cc2)C1=O. The number of nitrogens with one attached hydrogen (secondary N) is 1. The van der Waals surface area contributed by atoms with Crippen molar-refractivity contribution in [3.8, 4) is 11.5 Å². The van der Waals surface area contributed by atoms with Crippen molar-refractivity contribution in [1.82, 2.24) is 0 Å². The van der Waals surface area contributed by atoms with Gasteiger partial charge >= 0.3 is 5.97 Å². The van der Waals surface area contributed by atoms with Crippen LogP contribution in [0.25, 0.3) is 0 Å². The largest absolute Gasteiger partial charge is 0.489 e. The fourth-order valence-electron chi connectivity index (χ4n) is 4.04. The molecule has 0 unspecified atom stereocenters. The normalized spacial score (nSPS) is 13.0. The van der Waals surface area contributed by atoms with E-state index in [1.165, 1.54) is 0 Å². The number of carbonyl (C=O) groups is 3. The molecule has 2 amide bonds. The quantitative estimate of drug-likeness (QED) is 0.141. The highest BCUT2D eigenvalue weighted by molar-refractivity contribution is 6.53. The van der Waals surface area contributed by atoms with Crippen LogP contribution in [0, 0.1) is 6.92 Å². The number of benzene rings is 4. The lowest BCUT2D eigenvalue weighted by Gasteiger charge is -2.17. The van der Waals surface area contributed by atoms with Gasteiger partial charge in [0, 0.05) is 10.7 Å². The lowest BCUT2D eigenvalue weighted by atomic mass is 10.2. The molecule has 1 aliphatic rings. The summed E-state index contributed by atoms with van der Waals surface area (Å²) in [5, 5.41) is 3.14. The van der Waals surface area contributed by atoms with Gasteiger partial charge in [0.2, 0.25) is 0 Å². The molecule has 5 rings (SSSR count). The molecule has 0 spiro atoms. The predicted molar refractivity (Wildman–Crippen MR) is 154 cm³/mol. The summed E-state index contributed by atoms with van der Waals surface area (Å²) in [5.41, 5.74) is 2.78. The van der Waals surface area contributed by atoms with Crippen LogP contribution in [0.2, 0.25) is 5.02 Å². The van der Waals surface area contributed by atoms with E-state index in [1.54, 1.807) is 73.7 Å². The minimum Gasteiger partial charge on any atom is -0.489 e. The lowest BCUT2D eigenvalue weighted by molar-refractivity contribution is -0.120. The third-order valence-electron chi connectivity index (χ3n) is 6.10. The first-order valence-electron chi connectivity index (χ1n) is 12.2. The second-order valence-electron chi connectivity index (χ2n) is 8.90. The van der Waals surface area contributed by atoms with Crippen LogP contribution in [0.3, 0.4) is 0 Å². The molecular formula is C31H22Cl2N2O5. The van der Waals surface area contributed by atoms with Gasteiger partial charge in [-0.05, 0) is 84.8 Å². The highest BCUT2D eigenvalue weighted by atomic mass is 35.5. The van der Waals surface area contributed by atoms with Crippen molar-refractivity contribution in [3.63, 3.8) is 0 Å². The van der Waals surface area contributed by atoms with Gasteiger partial charge in [-0.3, -0.25) is 9.59 Å². The van der Waals surface area contributed by atoms with Crippen molar-refractivity contribution in [2.45, 2.75) is 13.5 Å². The smallest absolute Gasteiger partial charge is 0.343 e. The van der Waals surface area contributed by atoms with Crippen LogP contribution in [0.15, 0.2) is 108 Å². The highest BCUT2D eigenvalue weighted by Crippen LogP contribution is 2.33. The van der Waals surface area contributed by atoms with E-state index in [4.69, 9.17) is 32.7 Å². The molecule has 0 saturated heterocycles. The molecule has 4 aromatic rings. The van der Waals surface area contributed by atoms with Gasteiger partial charge < -0.3 is 14.8 Å². The van der Waals surface area contributed by atoms with Gasteiger partial charge in [0.1, 0.15) is 28.8 Å². The summed E-state index contributed by atoms with van der Waals surface area (Å²) >= 11 is 12.2. The van der Waals surface area contributed by atoms with E-state index in [9.17, 15) is 14.4 Å². The number of nitrogens with zero attached hydrogens (tertiary/aromatic N) is 1. The number of hydrogen-bond donors (Lipinski definition) is 1. The van der Waals surface area contributed by atoms with E-state index in [-0.39, 0.29) is 10.7 Å². The van der Waals surface area contributed by atoms with Gasteiger partial charge in [-0.2, -0.15) is 0 Å². The molecular weight excluding hydrogens is 551 g/mol. The number of hydrogen-bond acceptors (Lipinski definition) is 6. The van der Waals surface area contributed by atoms with Crippen LogP contribution in [-0.4, -0.2) is 17.8 Å². The molecule has 0 atom stereocenters. The third kappa shape index (κ3) is 5.86. The minimum absolute atomic E-state index is 0.0640. The molecule has 0 fully saturated rings. The number of carbonyl (C=O) groups excluding carboxylic acids is 3. The molecule has 0 aliphatic carbocycles. The van der Waals surface area contributed by atoms with E-state index in [1.807, 2.05) is 30.3 Å². The molecule has 1 heterocycles. The fraction of sp³-hybridized carbons (Fsp3) is 0.0645. The van der Waals surface area contributed by atoms with Crippen molar-refractivity contribution in [2.24, 2.45) is 0 Å². The average Bonchev–Trinajstić information content (AvgIpc) is 3.16. The van der Waals surface area contributed by atoms with Crippen LogP contribution in [0.4, 0.5) is 11.4 Å². The molecule has 9 heteroatoms. The molecule has 1 aliphatic heterocycles. The second-order valence-corrected chi connectivity index (χ2v) is 9.72. The van der Waals surface area contributed by atoms with Gasteiger partial charge in [0.15, 0.2) is 0 Å². The maximum atomic E-state index is 13.1. The summed E-state index contributed by atoms with van der Waals surface area (Å²) in [4.78, 5) is 39.5. The van der Waals surface area contributed by atoms with Gasteiger partial charge in [0.05, 0.1) is 11.3 Å². The van der Waals surface area contributed by atoms with Crippen LogP contribution in [0.1, 0.15) is 21.5 Å². The Hall–Kier alpha value is -4.59. The predicted octanol–water partition coefficient (Wildman–Crippen LogP) is 6.88. The van der Waals surface area contributed by atoms with Crippen molar-refractivity contribution >= 4 is 52.4 Å². The zero-order valence-electron chi connectivity index (χ0n) is 21.2. The third-order valence-corrected chi connectivity index (χ3v) is 6.69. The summed E-state index contributed by atoms with van der Waals surface area (Å²) in [6.45, 7) is 2.17. The van der Waals surface area contributed by atoms with Gasteiger partial charge in [-0.25, -0.2) is 9.69 Å². The summed E-state index contributed by atoms with van der Waals surface area (Å²) in [6.07, 6.45) is 0. The molecule has 0 radical (unpaired) electrons. The second kappa shape index (κ2) is 11.7. The van der Waals surface area contributed by atoms with Crippen molar-refractivity contribution < 1.29 is 23.9 Å². The fourth-order valence-corrected chi connectivity index (χ4v) is 4.48. The number of anilines is 2. The zero-order valence-corrected chi connectivity index (χ0v) is 22.7. The molecule has 4 aromatic carbocycles. The van der Waals surface area contributed by atoms with E-state index >= 15 is 0 Å². The van der Waals surface area contributed by atoms with E-state index in [0.717, 1.165) is 10.5 Å². The van der Waals surface area contributed by atoms with Crippen LogP contribution < -0.4 is 19.7 Å². The number of halogens is 2. The average molecular weight is 573 g/mol. The van der Waals surface area contributed by atoms with Gasteiger partial charge in [0.25, 0.3) is 11.8 Å². The summed E-state index contributed by atoms with van der Waals surface area (Å²) in [7, 11) is 0. The van der Waals surface area contributed by atoms with Crippen molar-refractivity contribution in [1.29, 1.82) is 0 Å². The zero-order chi connectivity index (χ0) is 28.2. The van der Waals surface area contributed by atoms with E-state index in [2.05, 4.69) is 5.32 Å². The number of imide groups is 1. The molecule has 40 heavy (non-hydrogen) atoms. The Kier molecular flexibility index (Phi) is 7.86. The Balaban J connectivity index is 1.20. The Labute approximate surface area is 240 Å². The van der Waals surface area contributed by atoms with E-state index in [0.29, 0.717) is 45.6 Å². The molecule has 1 N–H and O–H groups in total. The maximum Gasteiger partial charge on any atom is 0.343 e. The summed E-state index contributed by atoms with van der Waals surface area (Å²) in [5.74, 6) is -0.782. The molecule has 0 aromatic heterocycles. The van der Waals surface area contributed by atoms with Crippen LogP contribution in [-0.2, 0) is 16.2 Å². The summed E-state index contributed by atoms with van der Waals surface area (Å²) in [6, 6.07) is 27.6. The Morgan fingerprint density at radius 1 is 0.825 bits per heavy atom. The van der Waals surface area contributed by atoms with Crippen molar-refractivity contribution in [3.05, 3.63) is 130 Å². The number of amides is 2. The Bertz CT molecular complexity index is 1620. The topological polar surface area (TPSA) is 84.9 Å². The summed E-state index contributed by atoms with van der Waals surface area (Å²) < 4.78 is 11.2.